The number of carbonyl (C=O) groups is 1. The number of benzene rings is 1. The van der Waals surface area contributed by atoms with Gasteiger partial charge in [0.15, 0.2) is 0 Å². The van der Waals surface area contributed by atoms with Crippen LogP contribution in [0.1, 0.15) is 29.6 Å². The van der Waals surface area contributed by atoms with Crippen molar-refractivity contribution in [3.8, 4) is 0 Å². The van der Waals surface area contributed by atoms with E-state index in [0.717, 1.165) is 56.7 Å². The second-order valence-corrected chi connectivity index (χ2v) is 7.15. The molecule has 2 aliphatic rings. The smallest absolute Gasteiger partial charge is 0.248 e. The lowest BCUT2D eigenvalue weighted by Crippen LogP contribution is -2.47. The molecule has 1 aromatic carbocycles. The fourth-order valence-electron chi connectivity index (χ4n) is 3.79. The van der Waals surface area contributed by atoms with E-state index in [-0.39, 0.29) is 5.91 Å². The molecule has 4 rings (SSSR count). The molecule has 2 saturated heterocycles. The number of piperidine rings is 1. The summed E-state index contributed by atoms with van der Waals surface area (Å²) in [5.74, 6) is 1.48. The van der Waals surface area contributed by atoms with Gasteiger partial charge in [-0.1, -0.05) is 0 Å². The van der Waals surface area contributed by atoms with Gasteiger partial charge in [-0.3, -0.25) is 4.79 Å². The molecule has 2 N–H and O–H groups in total. The zero-order chi connectivity index (χ0) is 18.6. The Hall–Kier alpha value is -2.83. The van der Waals surface area contributed by atoms with Crippen molar-refractivity contribution in [1.29, 1.82) is 0 Å². The van der Waals surface area contributed by atoms with E-state index in [1.165, 1.54) is 19.3 Å². The Bertz CT molecular complexity index is 779. The second kappa shape index (κ2) is 7.82. The number of amides is 1. The maximum absolute atomic E-state index is 11.2. The number of carbonyl (C=O) groups excluding carboxylic acids is 1. The Morgan fingerprint density at radius 3 is 2.15 bits per heavy atom. The molecule has 0 spiro atoms. The average Bonchev–Trinajstić information content (AvgIpc) is 2.75. The molecule has 3 heterocycles. The zero-order valence-electron chi connectivity index (χ0n) is 15.5. The van der Waals surface area contributed by atoms with Crippen molar-refractivity contribution in [2.45, 2.75) is 19.3 Å². The number of hydrogen-bond acceptors (Lipinski definition) is 6. The minimum atomic E-state index is -0.389. The summed E-state index contributed by atoms with van der Waals surface area (Å²) in [6, 6.07) is 9.52. The van der Waals surface area contributed by atoms with Crippen molar-refractivity contribution in [3.63, 3.8) is 0 Å². The fourth-order valence-corrected chi connectivity index (χ4v) is 3.79. The Labute approximate surface area is 159 Å². The quantitative estimate of drug-likeness (QED) is 0.890. The second-order valence-electron chi connectivity index (χ2n) is 7.15. The molecular weight excluding hydrogens is 340 g/mol. The van der Waals surface area contributed by atoms with Gasteiger partial charge in [0.1, 0.15) is 5.82 Å². The van der Waals surface area contributed by atoms with Crippen LogP contribution in [0.2, 0.25) is 0 Å². The number of primary amides is 1. The zero-order valence-corrected chi connectivity index (χ0v) is 15.5. The van der Waals surface area contributed by atoms with Crippen LogP contribution in [0.4, 0.5) is 17.5 Å². The molecule has 2 fully saturated rings. The number of nitrogens with zero attached hydrogens (tertiary/aromatic N) is 5. The van der Waals surface area contributed by atoms with E-state index in [9.17, 15) is 4.79 Å². The van der Waals surface area contributed by atoms with Gasteiger partial charge in [-0.25, -0.2) is 4.98 Å². The first-order valence-electron chi connectivity index (χ1n) is 9.68. The van der Waals surface area contributed by atoms with Crippen LogP contribution in [0, 0.1) is 0 Å². The molecule has 142 valence electrons. The number of aromatic nitrogens is 2. The summed E-state index contributed by atoms with van der Waals surface area (Å²) >= 11 is 0. The van der Waals surface area contributed by atoms with E-state index in [1.54, 1.807) is 12.1 Å². The highest BCUT2D eigenvalue weighted by atomic mass is 16.1. The summed E-state index contributed by atoms with van der Waals surface area (Å²) in [5.41, 5.74) is 6.98. The molecule has 0 atom stereocenters. The van der Waals surface area contributed by atoms with Gasteiger partial charge >= 0.3 is 0 Å². The van der Waals surface area contributed by atoms with Crippen LogP contribution < -0.4 is 20.4 Å². The topological polar surface area (TPSA) is 78.6 Å². The van der Waals surface area contributed by atoms with Gasteiger partial charge in [0.2, 0.25) is 11.9 Å². The first-order chi connectivity index (χ1) is 13.2. The largest absolute Gasteiger partial charge is 0.368 e. The molecule has 2 aliphatic heterocycles. The lowest BCUT2D eigenvalue weighted by molar-refractivity contribution is 0.100. The summed E-state index contributed by atoms with van der Waals surface area (Å²) < 4.78 is 0. The Morgan fingerprint density at radius 2 is 1.48 bits per heavy atom. The van der Waals surface area contributed by atoms with Crippen molar-refractivity contribution in [1.82, 2.24) is 9.97 Å². The van der Waals surface area contributed by atoms with Crippen LogP contribution in [-0.2, 0) is 0 Å². The SMILES string of the molecule is NC(=O)c1ccc(N2CCN(c3ccnc(N4CCCCC4)n3)CC2)cc1. The van der Waals surface area contributed by atoms with Crippen molar-refractivity contribution >= 4 is 23.4 Å². The molecule has 0 unspecified atom stereocenters. The molecular formula is C20H26N6O. The van der Waals surface area contributed by atoms with Gasteiger partial charge in [0, 0.05) is 56.7 Å². The predicted molar refractivity (Wildman–Crippen MR) is 107 cm³/mol. The van der Waals surface area contributed by atoms with Crippen molar-refractivity contribution in [3.05, 3.63) is 42.1 Å². The minimum absolute atomic E-state index is 0.389. The number of nitrogens with two attached hydrogens (primary N) is 1. The first kappa shape index (κ1) is 17.6. The highest BCUT2D eigenvalue weighted by Gasteiger charge is 2.20. The normalized spacial score (nSPS) is 17.9. The lowest BCUT2D eigenvalue weighted by Gasteiger charge is -2.37. The first-order valence-corrected chi connectivity index (χ1v) is 9.68. The van der Waals surface area contributed by atoms with E-state index in [2.05, 4.69) is 19.7 Å². The van der Waals surface area contributed by atoms with E-state index in [1.807, 2.05) is 24.4 Å². The standard InChI is InChI=1S/C20H26N6O/c21-19(27)16-4-6-17(7-5-16)24-12-14-25(15-13-24)18-8-9-22-20(23-18)26-10-2-1-3-11-26/h4-9H,1-3,10-15H2,(H2,21,27). The molecule has 1 aromatic heterocycles. The average molecular weight is 366 g/mol. The van der Waals surface area contributed by atoms with Gasteiger partial charge in [0.25, 0.3) is 0 Å². The summed E-state index contributed by atoms with van der Waals surface area (Å²) in [5, 5.41) is 0. The van der Waals surface area contributed by atoms with E-state index in [0.29, 0.717) is 5.56 Å². The molecule has 7 nitrogen and oxygen atoms in total. The van der Waals surface area contributed by atoms with Crippen molar-refractivity contribution in [2.24, 2.45) is 5.73 Å². The van der Waals surface area contributed by atoms with Gasteiger partial charge in [-0.2, -0.15) is 4.98 Å². The van der Waals surface area contributed by atoms with Crippen LogP contribution in [-0.4, -0.2) is 55.1 Å². The molecule has 27 heavy (non-hydrogen) atoms. The number of rotatable bonds is 4. The van der Waals surface area contributed by atoms with Crippen LogP contribution >= 0.6 is 0 Å². The van der Waals surface area contributed by atoms with Gasteiger partial charge in [0.05, 0.1) is 0 Å². The predicted octanol–water partition coefficient (Wildman–Crippen LogP) is 1.89. The van der Waals surface area contributed by atoms with E-state index < -0.39 is 0 Å². The van der Waals surface area contributed by atoms with Crippen molar-refractivity contribution < 1.29 is 4.79 Å². The number of anilines is 3. The molecule has 0 bridgehead atoms. The monoisotopic (exact) mass is 366 g/mol. The summed E-state index contributed by atoms with van der Waals surface area (Å²) in [6.45, 7) is 5.76. The Morgan fingerprint density at radius 1 is 0.815 bits per heavy atom. The van der Waals surface area contributed by atoms with Crippen LogP contribution in [0.15, 0.2) is 36.5 Å². The molecule has 7 heteroatoms. The van der Waals surface area contributed by atoms with Crippen LogP contribution in [0.3, 0.4) is 0 Å². The highest BCUT2D eigenvalue weighted by molar-refractivity contribution is 5.93. The molecule has 1 amide bonds. The highest BCUT2D eigenvalue weighted by Crippen LogP contribution is 2.22. The maximum Gasteiger partial charge on any atom is 0.248 e. The third kappa shape index (κ3) is 3.97. The Kier molecular flexibility index (Phi) is 5.09. The molecule has 0 radical (unpaired) electrons. The van der Waals surface area contributed by atoms with E-state index in [4.69, 9.17) is 10.7 Å². The molecule has 0 saturated carbocycles. The van der Waals surface area contributed by atoms with Crippen molar-refractivity contribution in [2.75, 3.05) is 54.0 Å². The lowest BCUT2D eigenvalue weighted by atomic mass is 10.1. The van der Waals surface area contributed by atoms with Gasteiger partial charge in [-0.05, 0) is 49.6 Å². The van der Waals surface area contributed by atoms with Gasteiger partial charge < -0.3 is 20.4 Å². The molecule has 2 aromatic rings. The molecule has 0 aliphatic carbocycles. The minimum Gasteiger partial charge on any atom is -0.368 e. The number of piperazine rings is 1. The van der Waals surface area contributed by atoms with Gasteiger partial charge in [-0.15, -0.1) is 0 Å². The van der Waals surface area contributed by atoms with E-state index >= 15 is 0 Å². The summed E-state index contributed by atoms with van der Waals surface area (Å²) in [4.78, 5) is 27.5. The third-order valence-electron chi connectivity index (χ3n) is 5.39. The summed E-state index contributed by atoms with van der Waals surface area (Å²) in [6.07, 6.45) is 5.63. The maximum atomic E-state index is 11.2. The number of hydrogen-bond donors (Lipinski definition) is 1. The third-order valence-corrected chi connectivity index (χ3v) is 5.39. The summed E-state index contributed by atoms with van der Waals surface area (Å²) in [7, 11) is 0. The van der Waals surface area contributed by atoms with Crippen LogP contribution in [0.25, 0.3) is 0 Å². The fraction of sp³-hybridized carbons (Fsp3) is 0.450. The van der Waals surface area contributed by atoms with Crippen LogP contribution in [0.5, 0.6) is 0 Å². The Balaban J connectivity index is 1.39.